The molecule has 11 nitrogen and oxygen atoms in total. The molecule has 0 saturated carbocycles. The summed E-state index contributed by atoms with van der Waals surface area (Å²) in [5.41, 5.74) is -2.51. The molecule has 11 unspecified atom stereocenters. The maximum Gasteiger partial charge on any atom is 0.168 e. The Kier molecular flexibility index (Phi) is 22.2. The van der Waals surface area contributed by atoms with Gasteiger partial charge in [-0.25, -0.2) is 0 Å². The predicted molar refractivity (Wildman–Crippen MR) is 212 cm³/mol. The fraction of sp³-hybridized carbons (Fsp3) is 0.907. The molecule has 0 aromatic rings. The number of hydrogen-bond acceptors (Lipinski definition) is 11. The van der Waals surface area contributed by atoms with Gasteiger partial charge in [0, 0.05) is 12.5 Å². The molecular formula is C43H80O11. The maximum atomic E-state index is 12.4. The molecule has 318 valence electrons. The molecule has 11 heteroatoms. The molecule has 54 heavy (non-hydrogen) atoms. The van der Waals surface area contributed by atoms with Crippen molar-refractivity contribution >= 4 is 0 Å². The van der Waals surface area contributed by atoms with Gasteiger partial charge < -0.3 is 54.0 Å². The van der Waals surface area contributed by atoms with E-state index in [-0.39, 0.29) is 37.9 Å². The standard InChI is InChI=1S/C43H80O11/c1-10-18-20-26-41(22-12-3,23-13-4)53-38-32(29-49-9)52-40(37(48)36(38)47)42(16-7,24-14-5)43(17-8,25-15-6)54-39-33(30-50-28-27-44)51-31(21-19-11-2)34(45)35(39)46/h12,31-32,34-38,40,44-48H,3,10-11,13-30H2,1-2,4-9H3. The van der Waals surface area contributed by atoms with E-state index in [4.69, 9.17) is 28.4 Å². The molecule has 2 rings (SSSR count). The lowest BCUT2D eigenvalue weighted by Crippen LogP contribution is -2.69. The Morgan fingerprint density at radius 2 is 1.46 bits per heavy atom. The van der Waals surface area contributed by atoms with E-state index in [1.165, 1.54) is 0 Å². The Morgan fingerprint density at radius 3 is 2.02 bits per heavy atom. The van der Waals surface area contributed by atoms with Gasteiger partial charge >= 0.3 is 0 Å². The second-order valence-electron chi connectivity index (χ2n) is 15.8. The third-order valence-electron chi connectivity index (χ3n) is 12.0. The number of ether oxygens (including phenoxy) is 6. The van der Waals surface area contributed by atoms with Crippen LogP contribution in [-0.2, 0) is 28.4 Å². The van der Waals surface area contributed by atoms with Crippen LogP contribution in [0.4, 0.5) is 0 Å². The second-order valence-corrected chi connectivity index (χ2v) is 15.8. The van der Waals surface area contributed by atoms with Crippen LogP contribution in [0.2, 0.25) is 0 Å². The van der Waals surface area contributed by atoms with Crippen molar-refractivity contribution in [3.63, 3.8) is 0 Å². The fourth-order valence-corrected chi connectivity index (χ4v) is 9.35. The summed E-state index contributed by atoms with van der Waals surface area (Å²) in [5, 5.41) is 57.2. The van der Waals surface area contributed by atoms with E-state index in [0.717, 1.165) is 57.8 Å². The summed E-state index contributed by atoms with van der Waals surface area (Å²) in [6.45, 7) is 18.6. The van der Waals surface area contributed by atoms with Crippen LogP contribution in [0.25, 0.3) is 0 Å². The molecular weight excluding hydrogens is 692 g/mol. The van der Waals surface area contributed by atoms with Crippen molar-refractivity contribution in [1.29, 1.82) is 0 Å². The van der Waals surface area contributed by atoms with Gasteiger partial charge in [0.1, 0.15) is 54.9 Å². The van der Waals surface area contributed by atoms with E-state index < -0.39 is 65.4 Å². The molecule has 0 spiro atoms. The van der Waals surface area contributed by atoms with E-state index in [1.54, 1.807) is 7.11 Å². The zero-order valence-corrected chi connectivity index (χ0v) is 35.2. The predicted octanol–water partition coefficient (Wildman–Crippen LogP) is 6.90. The van der Waals surface area contributed by atoms with Crippen LogP contribution >= 0.6 is 0 Å². The zero-order chi connectivity index (χ0) is 40.4. The lowest BCUT2D eigenvalue weighted by molar-refractivity contribution is -0.311. The first kappa shape index (κ1) is 48.9. The smallest absolute Gasteiger partial charge is 0.168 e. The Hall–Kier alpha value is -1.28. The minimum atomic E-state index is -1.39. The van der Waals surface area contributed by atoms with Crippen molar-refractivity contribution in [2.45, 2.75) is 211 Å². The van der Waals surface area contributed by atoms with Crippen molar-refractivity contribution in [2.24, 2.45) is 5.41 Å². The van der Waals surface area contributed by atoms with Gasteiger partial charge in [0.25, 0.3) is 0 Å². The summed E-state index contributed by atoms with van der Waals surface area (Å²) in [5.74, 6) is 0.380. The quantitative estimate of drug-likeness (QED) is 0.0399. The highest BCUT2D eigenvalue weighted by molar-refractivity contribution is 5.19. The molecule has 0 radical (unpaired) electrons. The molecule has 0 amide bonds. The van der Waals surface area contributed by atoms with E-state index in [1.807, 2.05) is 13.0 Å². The fourth-order valence-electron chi connectivity index (χ4n) is 9.35. The average molecular weight is 773 g/mol. The summed E-state index contributed by atoms with van der Waals surface area (Å²) >= 11 is 0. The monoisotopic (exact) mass is 773 g/mol. The van der Waals surface area contributed by atoms with Crippen LogP contribution in [0.5, 0.6) is 0 Å². The summed E-state index contributed by atoms with van der Waals surface area (Å²) in [6.07, 6.45) is 5.49. The number of unbranched alkanes of at least 4 members (excludes halogenated alkanes) is 3. The van der Waals surface area contributed by atoms with Crippen LogP contribution in [0.15, 0.2) is 24.2 Å². The number of methoxy groups -OCH3 is 1. The molecule has 1 saturated heterocycles. The first-order valence-electron chi connectivity index (χ1n) is 21.4. The van der Waals surface area contributed by atoms with Crippen LogP contribution in [0.3, 0.4) is 0 Å². The van der Waals surface area contributed by atoms with Crippen molar-refractivity contribution in [1.82, 2.24) is 0 Å². The molecule has 2 aliphatic rings. The van der Waals surface area contributed by atoms with Gasteiger partial charge in [0.15, 0.2) is 11.5 Å². The van der Waals surface area contributed by atoms with Gasteiger partial charge in [0.2, 0.25) is 0 Å². The molecule has 0 aromatic heterocycles. The van der Waals surface area contributed by atoms with Gasteiger partial charge in [-0.3, -0.25) is 0 Å². The van der Waals surface area contributed by atoms with Crippen molar-refractivity contribution in [2.75, 3.05) is 33.5 Å². The van der Waals surface area contributed by atoms with Crippen molar-refractivity contribution in [3.05, 3.63) is 24.2 Å². The van der Waals surface area contributed by atoms with Gasteiger partial charge in [-0.15, -0.1) is 6.58 Å². The van der Waals surface area contributed by atoms with Crippen LogP contribution in [-0.4, -0.2) is 119 Å². The van der Waals surface area contributed by atoms with E-state index in [0.29, 0.717) is 44.9 Å². The van der Waals surface area contributed by atoms with Crippen molar-refractivity contribution < 1.29 is 54.0 Å². The summed E-state index contributed by atoms with van der Waals surface area (Å²) in [6, 6.07) is 0. The zero-order valence-electron chi connectivity index (χ0n) is 35.2. The largest absolute Gasteiger partial charge is 0.486 e. The Labute approximate surface area is 327 Å². The number of rotatable bonds is 29. The Morgan fingerprint density at radius 1 is 0.778 bits per heavy atom. The summed E-state index contributed by atoms with van der Waals surface area (Å²) in [7, 11) is 1.60. The highest BCUT2D eigenvalue weighted by Crippen LogP contribution is 2.55. The molecule has 0 aromatic carbocycles. The third-order valence-corrected chi connectivity index (χ3v) is 12.0. The average Bonchev–Trinajstić information content (AvgIpc) is 3.16. The maximum absolute atomic E-state index is 12.4. The molecule has 2 aliphatic heterocycles. The highest BCUT2D eigenvalue weighted by atomic mass is 16.6. The molecule has 0 bridgehead atoms. The van der Waals surface area contributed by atoms with E-state index >= 15 is 0 Å². The van der Waals surface area contributed by atoms with Crippen LogP contribution in [0.1, 0.15) is 151 Å². The lowest BCUT2D eigenvalue weighted by atomic mass is 9.58. The second kappa shape index (κ2) is 24.5. The third kappa shape index (κ3) is 11.7. The normalized spacial score (nSPS) is 29.6. The van der Waals surface area contributed by atoms with Crippen LogP contribution < -0.4 is 0 Å². The SMILES string of the molecule is C=CCC(CCC)(CCCCC)OC1C(COC)OC(C(CC)(CCC)C(CC)(CCC)OC2=C(COCCO)OC(CCCC)C(O)C2O)C(O)C1O. The highest BCUT2D eigenvalue weighted by Gasteiger charge is 2.62. The van der Waals surface area contributed by atoms with Gasteiger partial charge in [-0.1, -0.05) is 99.5 Å². The lowest BCUT2D eigenvalue weighted by Gasteiger charge is -2.59. The molecule has 2 heterocycles. The minimum Gasteiger partial charge on any atom is -0.486 e. The van der Waals surface area contributed by atoms with Gasteiger partial charge in [-0.2, -0.15) is 0 Å². The van der Waals surface area contributed by atoms with Crippen molar-refractivity contribution in [3.8, 4) is 0 Å². The molecule has 11 atom stereocenters. The summed E-state index contributed by atoms with van der Waals surface area (Å²) in [4.78, 5) is 0. The van der Waals surface area contributed by atoms with Gasteiger partial charge in [0.05, 0.1) is 31.5 Å². The Bertz CT molecular complexity index is 1070. The molecule has 5 N–H and O–H groups in total. The van der Waals surface area contributed by atoms with E-state index in [2.05, 4.69) is 48.1 Å². The molecule has 1 fully saturated rings. The van der Waals surface area contributed by atoms with Gasteiger partial charge in [-0.05, 0) is 57.8 Å². The topological polar surface area (TPSA) is 157 Å². The summed E-state index contributed by atoms with van der Waals surface area (Å²) < 4.78 is 39.0. The number of hydrogen-bond donors (Lipinski definition) is 5. The number of aliphatic hydroxyl groups excluding tert-OH is 5. The molecule has 0 aliphatic carbocycles. The van der Waals surface area contributed by atoms with Crippen LogP contribution in [0, 0.1) is 5.41 Å². The number of aliphatic hydroxyl groups is 5. The minimum absolute atomic E-state index is 0.0558. The van der Waals surface area contributed by atoms with E-state index in [9.17, 15) is 25.5 Å². The first-order chi connectivity index (χ1) is 25.9. The Balaban J connectivity index is 2.75. The first-order valence-corrected chi connectivity index (χ1v) is 21.4.